The van der Waals surface area contributed by atoms with Crippen LogP contribution in [0.1, 0.15) is 5.56 Å². The Morgan fingerprint density at radius 2 is 1.89 bits per heavy atom. The first kappa shape index (κ1) is 19.5. The third kappa shape index (κ3) is 5.35. The van der Waals surface area contributed by atoms with Crippen molar-refractivity contribution in [3.63, 3.8) is 0 Å². The highest BCUT2D eigenvalue weighted by molar-refractivity contribution is 7.90. The van der Waals surface area contributed by atoms with E-state index in [1.165, 1.54) is 29.8 Å². The molecule has 0 aliphatic carbocycles. The number of ether oxygens (including phenoxy) is 1. The molecule has 0 atom stereocenters. The van der Waals surface area contributed by atoms with Crippen LogP contribution in [0.3, 0.4) is 0 Å². The van der Waals surface area contributed by atoms with Gasteiger partial charge in [-0.25, -0.2) is 18.1 Å². The lowest BCUT2D eigenvalue weighted by Gasteiger charge is -2.27. The van der Waals surface area contributed by atoms with E-state index < -0.39 is 10.0 Å². The van der Waals surface area contributed by atoms with E-state index in [1.54, 1.807) is 7.11 Å². The third-order valence-electron chi connectivity index (χ3n) is 4.13. The Morgan fingerprint density at radius 3 is 2.48 bits per heavy atom. The van der Waals surface area contributed by atoms with E-state index in [0.29, 0.717) is 18.4 Å². The normalized spacial score (nSPS) is 15.0. The maximum absolute atomic E-state index is 12.4. The van der Waals surface area contributed by atoms with E-state index >= 15 is 0 Å². The summed E-state index contributed by atoms with van der Waals surface area (Å²) in [5, 5.41) is 3.48. The first-order chi connectivity index (χ1) is 13.0. The van der Waals surface area contributed by atoms with Crippen molar-refractivity contribution in [2.45, 2.75) is 11.3 Å². The minimum atomic E-state index is -3.69. The fourth-order valence-corrected chi connectivity index (χ4v) is 3.69. The summed E-state index contributed by atoms with van der Waals surface area (Å²) in [6, 6.07) is 13.9. The number of aliphatic imine (C=N–C) groups is 1. The average molecular weight is 409 g/mol. The first-order valence-corrected chi connectivity index (χ1v) is 10.2. The number of rotatable bonds is 6. The molecule has 0 saturated carbocycles. The van der Waals surface area contributed by atoms with Gasteiger partial charge in [-0.15, -0.1) is 0 Å². The van der Waals surface area contributed by atoms with Crippen LogP contribution in [0.2, 0.25) is 5.02 Å². The van der Waals surface area contributed by atoms with Crippen molar-refractivity contribution in [2.75, 3.05) is 27.0 Å². The molecular formula is C18H21ClN4O3S. The van der Waals surface area contributed by atoms with Crippen molar-refractivity contribution < 1.29 is 13.2 Å². The smallest absolute Gasteiger partial charge is 0.264 e. The molecule has 0 aromatic heterocycles. The largest absolute Gasteiger partial charge is 0.497 e. The lowest BCUT2D eigenvalue weighted by Crippen LogP contribution is -2.50. The number of guanidine groups is 1. The van der Waals surface area contributed by atoms with Crippen molar-refractivity contribution in [3.05, 3.63) is 59.1 Å². The van der Waals surface area contributed by atoms with Crippen molar-refractivity contribution in [1.82, 2.24) is 14.9 Å². The number of halogens is 1. The van der Waals surface area contributed by atoms with Crippen LogP contribution >= 0.6 is 11.6 Å². The van der Waals surface area contributed by atoms with Crippen molar-refractivity contribution in [2.24, 2.45) is 4.99 Å². The van der Waals surface area contributed by atoms with Crippen LogP contribution in [-0.4, -0.2) is 46.3 Å². The minimum Gasteiger partial charge on any atom is -0.497 e. The van der Waals surface area contributed by atoms with Crippen LogP contribution < -0.4 is 14.8 Å². The number of hydrogen-bond acceptors (Lipinski definition) is 6. The fraction of sp³-hybridized carbons (Fsp3) is 0.278. The van der Waals surface area contributed by atoms with Gasteiger partial charge in [0.25, 0.3) is 10.0 Å². The molecule has 2 aromatic rings. The Balaban J connectivity index is 1.52. The summed E-state index contributed by atoms with van der Waals surface area (Å²) in [5.74, 6) is 1.08. The molecule has 3 rings (SSSR count). The Morgan fingerprint density at radius 1 is 1.19 bits per heavy atom. The zero-order valence-corrected chi connectivity index (χ0v) is 16.4. The zero-order valence-electron chi connectivity index (χ0n) is 14.9. The molecule has 2 N–H and O–H groups in total. The van der Waals surface area contributed by atoms with Gasteiger partial charge in [-0.2, -0.15) is 0 Å². The highest BCUT2D eigenvalue weighted by Gasteiger charge is 2.19. The molecule has 9 heteroatoms. The Hall–Kier alpha value is -2.29. The van der Waals surface area contributed by atoms with Gasteiger partial charge in [0.15, 0.2) is 0 Å². The van der Waals surface area contributed by atoms with Crippen LogP contribution in [0.5, 0.6) is 5.75 Å². The molecule has 0 radical (unpaired) electrons. The van der Waals surface area contributed by atoms with Crippen LogP contribution in [0.4, 0.5) is 0 Å². The Bertz CT molecular complexity index is 899. The standard InChI is InChI=1S/C18H21ClN4O3S/c1-26-16-6-2-14(3-7-16)10-11-23-12-20-18(21-13-23)22-27(24,25)17-8-4-15(19)5-9-17/h2-9H,10-13H2,1H3,(H2,20,21,22). The molecule has 144 valence electrons. The lowest BCUT2D eigenvalue weighted by atomic mass is 10.1. The summed E-state index contributed by atoms with van der Waals surface area (Å²) in [4.78, 5) is 6.50. The summed E-state index contributed by atoms with van der Waals surface area (Å²) in [5.41, 5.74) is 1.20. The molecule has 1 heterocycles. The summed E-state index contributed by atoms with van der Waals surface area (Å²) >= 11 is 5.80. The van der Waals surface area contributed by atoms with Gasteiger partial charge in [-0.3, -0.25) is 4.90 Å². The topological polar surface area (TPSA) is 83.0 Å². The molecule has 0 bridgehead atoms. The Labute approximate surface area is 164 Å². The van der Waals surface area contributed by atoms with Gasteiger partial charge in [-0.05, 0) is 48.4 Å². The number of nitrogens with one attached hydrogen (secondary N) is 2. The molecule has 27 heavy (non-hydrogen) atoms. The van der Waals surface area contributed by atoms with Gasteiger partial charge in [0.2, 0.25) is 5.96 Å². The second kappa shape index (κ2) is 8.60. The highest BCUT2D eigenvalue weighted by atomic mass is 35.5. The van der Waals surface area contributed by atoms with Gasteiger partial charge in [0, 0.05) is 11.6 Å². The minimum absolute atomic E-state index is 0.137. The molecule has 1 aliphatic heterocycles. The first-order valence-electron chi connectivity index (χ1n) is 8.38. The fourth-order valence-electron chi connectivity index (χ4n) is 2.56. The van der Waals surface area contributed by atoms with Crippen molar-refractivity contribution >= 4 is 27.6 Å². The zero-order chi connectivity index (χ0) is 19.3. The number of sulfonamides is 1. The van der Waals surface area contributed by atoms with Crippen LogP contribution in [0.15, 0.2) is 58.4 Å². The number of methoxy groups -OCH3 is 1. The maximum atomic E-state index is 12.4. The second-order valence-corrected chi connectivity index (χ2v) is 8.15. The van der Waals surface area contributed by atoms with E-state index in [9.17, 15) is 8.42 Å². The third-order valence-corrected chi connectivity index (χ3v) is 5.74. The molecule has 7 nitrogen and oxygen atoms in total. The maximum Gasteiger partial charge on any atom is 0.264 e. The molecule has 0 fully saturated rings. The average Bonchev–Trinajstić information content (AvgIpc) is 2.68. The predicted octanol–water partition coefficient (Wildman–Crippen LogP) is 2.05. The summed E-state index contributed by atoms with van der Waals surface area (Å²) in [6.07, 6.45) is 0.868. The van der Waals surface area contributed by atoms with Gasteiger partial charge < -0.3 is 10.1 Å². The van der Waals surface area contributed by atoms with E-state index in [1.807, 2.05) is 24.3 Å². The molecule has 2 aromatic carbocycles. The summed E-state index contributed by atoms with van der Waals surface area (Å²) in [7, 11) is -2.04. The number of hydrogen-bond donors (Lipinski definition) is 2. The Kier molecular flexibility index (Phi) is 6.20. The van der Waals surface area contributed by atoms with Crippen LogP contribution in [0.25, 0.3) is 0 Å². The molecule has 0 unspecified atom stereocenters. The van der Waals surface area contributed by atoms with Gasteiger partial charge in [0.1, 0.15) is 5.75 Å². The number of benzene rings is 2. The molecule has 0 saturated heterocycles. The van der Waals surface area contributed by atoms with E-state index in [-0.39, 0.29) is 10.9 Å². The highest BCUT2D eigenvalue weighted by Crippen LogP contribution is 2.14. The quantitative estimate of drug-likeness (QED) is 0.764. The summed E-state index contributed by atoms with van der Waals surface area (Å²) < 4.78 is 32.3. The van der Waals surface area contributed by atoms with E-state index in [0.717, 1.165) is 18.7 Å². The van der Waals surface area contributed by atoms with Gasteiger partial charge in [0.05, 0.1) is 25.3 Å². The van der Waals surface area contributed by atoms with E-state index in [2.05, 4.69) is 19.9 Å². The van der Waals surface area contributed by atoms with Crippen molar-refractivity contribution in [3.8, 4) is 5.75 Å². The van der Waals surface area contributed by atoms with Crippen molar-refractivity contribution in [1.29, 1.82) is 0 Å². The van der Waals surface area contributed by atoms with E-state index in [4.69, 9.17) is 16.3 Å². The van der Waals surface area contributed by atoms with Gasteiger partial charge in [-0.1, -0.05) is 23.7 Å². The van der Waals surface area contributed by atoms with Gasteiger partial charge >= 0.3 is 0 Å². The molecule has 0 spiro atoms. The summed E-state index contributed by atoms with van der Waals surface area (Å²) in [6.45, 7) is 1.74. The molecule has 1 aliphatic rings. The lowest BCUT2D eigenvalue weighted by molar-refractivity contribution is 0.267. The molecular weight excluding hydrogens is 388 g/mol. The molecule has 0 amide bonds. The van der Waals surface area contributed by atoms with Crippen LogP contribution in [0, 0.1) is 0 Å². The monoisotopic (exact) mass is 408 g/mol. The van der Waals surface area contributed by atoms with Crippen LogP contribution in [-0.2, 0) is 16.4 Å². The number of nitrogens with zero attached hydrogens (tertiary/aromatic N) is 2. The second-order valence-electron chi connectivity index (χ2n) is 6.03. The predicted molar refractivity (Wildman–Crippen MR) is 105 cm³/mol. The SMILES string of the molecule is COc1ccc(CCN2CN=C(NS(=O)(=O)c3ccc(Cl)cc3)NC2)cc1.